The van der Waals surface area contributed by atoms with E-state index in [-0.39, 0.29) is 30.0 Å². The third-order valence-corrected chi connectivity index (χ3v) is 8.07. The molecule has 0 atom stereocenters. The number of fused-ring (bicyclic) bond motifs is 1. The summed E-state index contributed by atoms with van der Waals surface area (Å²) < 4.78 is 24.6. The van der Waals surface area contributed by atoms with E-state index in [0.29, 0.717) is 22.1 Å². The molecule has 0 spiro atoms. The monoisotopic (exact) mass is 572 g/mol. The van der Waals surface area contributed by atoms with Crippen molar-refractivity contribution in [1.29, 1.82) is 0 Å². The molecule has 0 saturated carbocycles. The van der Waals surface area contributed by atoms with Crippen LogP contribution in [0.3, 0.4) is 0 Å². The summed E-state index contributed by atoms with van der Waals surface area (Å²) in [6.07, 6.45) is 0. The van der Waals surface area contributed by atoms with Crippen LogP contribution in [0.5, 0.6) is 11.5 Å². The zero-order valence-corrected chi connectivity index (χ0v) is 24.0. The number of nitrogens with zero attached hydrogens (tertiary/aromatic N) is 2. The van der Waals surface area contributed by atoms with Crippen molar-refractivity contribution in [2.45, 2.75) is 49.4 Å². The molecular formula is C32H29FN2O5S. The summed E-state index contributed by atoms with van der Waals surface area (Å²) in [6, 6.07) is 21.5. The number of halogens is 1. The number of nitro benzene ring substituents is 1. The number of nitro groups is 1. The molecule has 1 amide bonds. The molecule has 1 aliphatic heterocycles. The Morgan fingerprint density at radius 2 is 1.66 bits per heavy atom. The summed E-state index contributed by atoms with van der Waals surface area (Å²) >= 11 is 1.30. The van der Waals surface area contributed by atoms with Gasteiger partial charge in [-0.3, -0.25) is 14.9 Å². The topological polar surface area (TPSA) is 81.9 Å². The molecule has 0 N–H and O–H groups in total. The minimum absolute atomic E-state index is 0.0149. The van der Waals surface area contributed by atoms with E-state index >= 15 is 0 Å². The predicted octanol–water partition coefficient (Wildman–Crippen LogP) is 8.07. The lowest BCUT2D eigenvalue weighted by Crippen LogP contribution is -2.30. The maximum absolute atomic E-state index is 13.8. The lowest BCUT2D eigenvalue weighted by Gasteiger charge is -2.23. The van der Waals surface area contributed by atoms with Gasteiger partial charge in [-0.25, -0.2) is 4.39 Å². The number of carbonyl (C=O) groups excluding carboxylic acids is 1. The van der Waals surface area contributed by atoms with Crippen LogP contribution in [0.1, 0.15) is 47.8 Å². The van der Waals surface area contributed by atoms with E-state index in [0.717, 1.165) is 16.0 Å². The van der Waals surface area contributed by atoms with E-state index in [9.17, 15) is 19.3 Å². The first-order chi connectivity index (χ1) is 19.5. The standard InChI is InChI=1S/C32H29FN2O5S/c1-20-15-23(32(2,3)4)7-14-29(20)41-30-13-6-22(17-26(30)35(37)38)31(36)34(25-10-8-24(33)9-11-25)18-21-5-12-27-28(16-21)40-19-39-27/h5-17H,18-19H2,1-4H3. The minimum atomic E-state index is -0.474. The highest BCUT2D eigenvalue weighted by Crippen LogP contribution is 2.39. The van der Waals surface area contributed by atoms with Gasteiger partial charge in [0.25, 0.3) is 11.6 Å². The van der Waals surface area contributed by atoms with Gasteiger partial charge in [0.15, 0.2) is 11.5 Å². The first-order valence-electron chi connectivity index (χ1n) is 13.0. The number of hydrogen-bond donors (Lipinski definition) is 0. The summed E-state index contributed by atoms with van der Waals surface area (Å²) in [5, 5.41) is 12.1. The molecule has 4 aromatic carbocycles. The molecule has 5 rings (SSSR count). The summed E-state index contributed by atoms with van der Waals surface area (Å²) in [5.41, 5.74) is 3.36. The van der Waals surface area contributed by atoms with Gasteiger partial charge < -0.3 is 14.4 Å². The Balaban J connectivity index is 1.47. The number of ether oxygens (including phenoxy) is 2. The van der Waals surface area contributed by atoms with Crippen molar-refractivity contribution in [3.63, 3.8) is 0 Å². The summed E-state index contributed by atoms with van der Waals surface area (Å²) in [6.45, 7) is 8.64. The highest BCUT2D eigenvalue weighted by atomic mass is 32.2. The van der Waals surface area contributed by atoms with Crippen LogP contribution < -0.4 is 14.4 Å². The maximum atomic E-state index is 13.8. The molecule has 4 aromatic rings. The van der Waals surface area contributed by atoms with Crippen molar-refractivity contribution in [2.75, 3.05) is 11.7 Å². The molecule has 7 nitrogen and oxygen atoms in total. The van der Waals surface area contributed by atoms with Gasteiger partial charge in [-0.2, -0.15) is 0 Å². The van der Waals surface area contributed by atoms with E-state index in [2.05, 4.69) is 26.8 Å². The Morgan fingerprint density at radius 3 is 2.34 bits per heavy atom. The number of amides is 1. The highest BCUT2D eigenvalue weighted by molar-refractivity contribution is 7.99. The van der Waals surface area contributed by atoms with E-state index in [4.69, 9.17) is 9.47 Å². The SMILES string of the molecule is Cc1cc(C(C)(C)C)ccc1Sc1ccc(C(=O)N(Cc2ccc3c(c2)OCO3)c2ccc(F)cc2)cc1[N+](=O)[O-]. The van der Waals surface area contributed by atoms with Crippen LogP contribution >= 0.6 is 11.8 Å². The van der Waals surface area contributed by atoms with Gasteiger partial charge in [-0.1, -0.05) is 50.7 Å². The molecule has 1 heterocycles. The average molecular weight is 573 g/mol. The average Bonchev–Trinajstić information content (AvgIpc) is 3.40. The molecule has 0 unspecified atom stereocenters. The zero-order valence-electron chi connectivity index (χ0n) is 23.1. The van der Waals surface area contributed by atoms with Gasteiger partial charge in [0, 0.05) is 22.2 Å². The fourth-order valence-corrected chi connectivity index (χ4v) is 5.47. The second-order valence-electron chi connectivity index (χ2n) is 10.8. The minimum Gasteiger partial charge on any atom is -0.454 e. The Hall–Kier alpha value is -4.37. The summed E-state index contributed by atoms with van der Waals surface area (Å²) in [5.74, 6) is 0.281. The van der Waals surface area contributed by atoms with Crippen molar-refractivity contribution in [3.05, 3.63) is 117 Å². The summed E-state index contributed by atoms with van der Waals surface area (Å²) in [4.78, 5) is 28.3. The zero-order chi connectivity index (χ0) is 29.3. The Bertz CT molecular complexity index is 1630. The molecule has 41 heavy (non-hydrogen) atoms. The quantitative estimate of drug-likeness (QED) is 0.165. The van der Waals surface area contributed by atoms with Crippen LogP contribution in [-0.2, 0) is 12.0 Å². The van der Waals surface area contributed by atoms with E-state index in [1.54, 1.807) is 24.3 Å². The van der Waals surface area contributed by atoms with Crippen molar-refractivity contribution < 1.29 is 23.6 Å². The van der Waals surface area contributed by atoms with Crippen molar-refractivity contribution in [3.8, 4) is 11.5 Å². The van der Waals surface area contributed by atoms with Crippen LogP contribution in [0.15, 0.2) is 88.7 Å². The number of carbonyl (C=O) groups is 1. The molecule has 0 saturated heterocycles. The number of rotatable bonds is 7. The van der Waals surface area contributed by atoms with Crippen molar-refractivity contribution in [1.82, 2.24) is 0 Å². The molecule has 0 aromatic heterocycles. The van der Waals surface area contributed by atoms with Crippen LogP contribution in [0.4, 0.5) is 15.8 Å². The normalized spacial score (nSPS) is 12.3. The molecule has 0 bridgehead atoms. The Morgan fingerprint density at radius 1 is 0.951 bits per heavy atom. The first kappa shape index (κ1) is 28.2. The van der Waals surface area contributed by atoms with E-state index in [1.807, 2.05) is 25.1 Å². The van der Waals surface area contributed by atoms with Gasteiger partial charge >= 0.3 is 0 Å². The number of benzene rings is 4. The lowest BCUT2D eigenvalue weighted by molar-refractivity contribution is -0.387. The van der Waals surface area contributed by atoms with Gasteiger partial charge in [-0.05, 0) is 83.6 Å². The Labute approximate surface area is 242 Å². The smallest absolute Gasteiger partial charge is 0.284 e. The molecule has 0 radical (unpaired) electrons. The van der Waals surface area contributed by atoms with Gasteiger partial charge in [0.2, 0.25) is 6.79 Å². The summed E-state index contributed by atoms with van der Waals surface area (Å²) in [7, 11) is 0. The largest absolute Gasteiger partial charge is 0.454 e. The molecule has 0 fully saturated rings. The lowest BCUT2D eigenvalue weighted by atomic mass is 9.86. The number of hydrogen-bond acceptors (Lipinski definition) is 6. The molecule has 1 aliphatic rings. The van der Waals surface area contributed by atoms with Crippen LogP contribution in [0.25, 0.3) is 0 Å². The first-order valence-corrected chi connectivity index (χ1v) is 13.8. The highest BCUT2D eigenvalue weighted by Gasteiger charge is 2.25. The van der Waals surface area contributed by atoms with Crippen molar-refractivity contribution >= 4 is 29.0 Å². The third kappa shape index (κ3) is 6.20. The maximum Gasteiger partial charge on any atom is 0.284 e. The second kappa shape index (κ2) is 11.2. The second-order valence-corrected chi connectivity index (χ2v) is 11.9. The fourth-order valence-electron chi connectivity index (χ4n) is 4.51. The number of aryl methyl sites for hydroxylation is 1. The third-order valence-electron chi connectivity index (χ3n) is 6.82. The Kier molecular flexibility index (Phi) is 7.73. The molecule has 9 heteroatoms. The van der Waals surface area contributed by atoms with Gasteiger partial charge in [0.05, 0.1) is 16.4 Å². The van der Waals surface area contributed by atoms with E-state index in [1.165, 1.54) is 52.6 Å². The molecule has 210 valence electrons. The van der Waals surface area contributed by atoms with Gasteiger partial charge in [0.1, 0.15) is 5.82 Å². The van der Waals surface area contributed by atoms with Crippen LogP contribution in [0.2, 0.25) is 0 Å². The fraction of sp³-hybridized carbons (Fsp3) is 0.219. The van der Waals surface area contributed by atoms with E-state index < -0.39 is 16.6 Å². The number of anilines is 1. The van der Waals surface area contributed by atoms with Crippen molar-refractivity contribution in [2.24, 2.45) is 0 Å². The predicted molar refractivity (Wildman–Crippen MR) is 157 cm³/mol. The molecular weight excluding hydrogens is 543 g/mol. The van der Waals surface area contributed by atoms with Crippen LogP contribution in [-0.4, -0.2) is 17.6 Å². The van der Waals surface area contributed by atoms with Crippen LogP contribution in [0, 0.1) is 22.9 Å². The van der Waals surface area contributed by atoms with Gasteiger partial charge in [-0.15, -0.1) is 0 Å². The molecule has 0 aliphatic carbocycles.